The monoisotopic (exact) mass is 434 g/mol. The summed E-state index contributed by atoms with van der Waals surface area (Å²) >= 11 is 3.00. The molecule has 0 atom stereocenters. The van der Waals surface area contributed by atoms with E-state index in [2.05, 4.69) is 34.2 Å². The molecule has 6 nitrogen and oxygen atoms in total. The van der Waals surface area contributed by atoms with E-state index in [-0.39, 0.29) is 18.1 Å². The fourth-order valence-electron chi connectivity index (χ4n) is 2.98. The SMILES string of the molecule is N#CCCN(Cc1ccco1)C(=O)CSc1ncnc2sc(-c3ccccc3)cc12. The third-order valence-electron chi connectivity index (χ3n) is 4.46. The minimum Gasteiger partial charge on any atom is -0.467 e. The van der Waals surface area contributed by atoms with E-state index in [4.69, 9.17) is 9.68 Å². The first-order valence-electron chi connectivity index (χ1n) is 9.34. The predicted octanol–water partition coefficient (Wildman–Crippen LogP) is 4.99. The fraction of sp³-hybridized carbons (Fsp3) is 0.182. The van der Waals surface area contributed by atoms with Gasteiger partial charge in [0, 0.05) is 16.8 Å². The molecule has 0 N–H and O–H groups in total. The maximum absolute atomic E-state index is 12.8. The number of benzene rings is 1. The van der Waals surface area contributed by atoms with Gasteiger partial charge in [-0.2, -0.15) is 5.26 Å². The first-order valence-corrected chi connectivity index (χ1v) is 11.1. The molecule has 0 bridgehead atoms. The lowest BCUT2D eigenvalue weighted by Crippen LogP contribution is -2.32. The molecule has 3 heterocycles. The first-order chi connectivity index (χ1) is 14.7. The van der Waals surface area contributed by atoms with Gasteiger partial charge in [-0.3, -0.25) is 4.79 Å². The van der Waals surface area contributed by atoms with Gasteiger partial charge in [0.1, 0.15) is 21.9 Å². The van der Waals surface area contributed by atoms with E-state index in [1.165, 1.54) is 18.1 Å². The van der Waals surface area contributed by atoms with Gasteiger partial charge in [0.2, 0.25) is 5.91 Å². The van der Waals surface area contributed by atoms with Gasteiger partial charge in [-0.15, -0.1) is 11.3 Å². The molecular weight excluding hydrogens is 416 g/mol. The van der Waals surface area contributed by atoms with E-state index in [1.807, 2.05) is 24.3 Å². The number of nitriles is 1. The number of fused-ring (bicyclic) bond motifs is 1. The molecule has 4 aromatic rings. The molecule has 0 unspecified atom stereocenters. The molecule has 0 spiro atoms. The van der Waals surface area contributed by atoms with Gasteiger partial charge in [0.25, 0.3) is 0 Å². The lowest BCUT2D eigenvalue weighted by molar-refractivity contribution is -0.129. The highest BCUT2D eigenvalue weighted by molar-refractivity contribution is 8.00. The number of rotatable bonds is 8. The molecule has 0 aliphatic heterocycles. The molecule has 1 aromatic carbocycles. The number of hydrogen-bond acceptors (Lipinski definition) is 7. The third kappa shape index (κ3) is 4.70. The summed E-state index contributed by atoms with van der Waals surface area (Å²) in [6.45, 7) is 0.719. The standard InChI is InChI=1S/C22H18N4O2S2/c23-9-5-10-26(13-17-8-4-11-28-17)20(27)14-29-21-18-12-19(16-6-2-1-3-7-16)30-22(18)25-15-24-21/h1-4,6-8,11-12,15H,5,10,13-14H2. The van der Waals surface area contributed by atoms with Gasteiger partial charge in [-0.05, 0) is 23.8 Å². The number of amides is 1. The summed E-state index contributed by atoms with van der Waals surface area (Å²) in [5.74, 6) is 0.868. The summed E-state index contributed by atoms with van der Waals surface area (Å²) in [5.41, 5.74) is 1.13. The fourth-order valence-corrected chi connectivity index (χ4v) is 4.93. The van der Waals surface area contributed by atoms with E-state index < -0.39 is 0 Å². The summed E-state index contributed by atoms with van der Waals surface area (Å²) < 4.78 is 5.36. The topological polar surface area (TPSA) is 83.0 Å². The minimum atomic E-state index is -0.0584. The number of carbonyl (C=O) groups excluding carboxylic acids is 1. The summed E-state index contributed by atoms with van der Waals surface area (Å²) in [7, 11) is 0. The first kappa shape index (κ1) is 20.1. The molecule has 8 heteroatoms. The highest BCUT2D eigenvalue weighted by atomic mass is 32.2. The zero-order valence-electron chi connectivity index (χ0n) is 16.0. The van der Waals surface area contributed by atoms with Crippen LogP contribution in [0.1, 0.15) is 12.2 Å². The summed E-state index contributed by atoms with van der Waals surface area (Å²) in [5, 5.41) is 10.6. The molecule has 0 saturated heterocycles. The molecule has 0 radical (unpaired) electrons. The second-order valence-corrected chi connectivity index (χ2v) is 8.46. The molecule has 3 aromatic heterocycles. The molecule has 0 fully saturated rings. The number of nitrogens with zero attached hydrogens (tertiary/aromatic N) is 4. The maximum atomic E-state index is 12.8. The van der Waals surface area contributed by atoms with Crippen molar-refractivity contribution in [1.29, 1.82) is 5.26 Å². The predicted molar refractivity (Wildman–Crippen MR) is 118 cm³/mol. The average molecular weight is 435 g/mol. The Kier molecular flexibility index (Phi) is 6.42. The molecular formula is C22H18N4O2S2. The third-order valence-corrected chi connectivity index (χ3v) is 6.54. The number of thiophene rings is 1. The minimum absolute atomic E-state index is 0.0584. The number of thioether (sulfide) groups is 1. The number of hydrogen-bond donors (Lipinski definition) is 0. The van der Waals surface area contributed by atoms with Crippen molar-refractivity contribution >= 4 is 39.2 Å². The van der Waals surface area contributed by atoms with Crippen molar-refractivity contribution in [3.05, 3.63) is 66.9 Å². The zero-order valence-corrected chi connectivity index (χ0v) is 17.7. The van der Waals surface area contributed by atoms with E-state index >= 15 is 0 Å². The van der Waals surface area contributed by atoms with Crippen molar-refractivity contribution in [1.82, 2.24) is 14.9 Å². The Labute approximate surface area is 182 Å². The van der Waals surface area contributed by atoms with E-state index in [0.29, 0.717) is 18.8 Å². The van der Waals surface area contributed by atoms with Crippen LogP contribution in [0.3, 0.4) is 0 Å². The second kappa shape index (κ2) is 9.57. The Hall–Kier alpha value is -3.15. The zero-order chi connectivity index (χ0) is 20.8. The Morgan fingerprint density at radius 1 is 1.20 bits per heavy atom. The highest BCUT2D eigenvalue weighted by Gasteiger charge is 2.17. The van der Waals surface area contributed by atoms with Gasteiger partial charge in [0.15, 0.2) is 0 Å². The lowest BCUT2D eigenvalue weighted by Gasteiger charge is -2.20. The van der Waals surface area contributed by atoms with Crippen molar-refractivity contribution in [2.45, 2.75) is 18.0 Å². The average Bonchev–Trinajstić information content (AvgIpc) is 3.45. The normalized spacial score (nSPS) is 10.8. The van der Waals surface area contributed by atoms with Crippen molar-refractivity contribution in [3.63, 3.8) is 0 Å². The van der Waals surface area contributed by atoms with E-state index in [0.717, 1.165) is 25.7 Å². The highest BCUT2D eigenvalue weighted by Crippen LogP contribution is 2.36. The molecule has 150 valence electrons. The molecule has 4 rings (SSSR count). The van der Waals surface area contributed by atoms with Crippen LogP contribution in [0.5, 0.6) is 0 Å². The van der Waals surface area contributed by atoms with Crippen LogP contribution in [0.2, 0.25) is 0 Å². The van der Waals surface area contributed by atoms with Crippen LogP contribution in [0.15, 0.2) is 70.6 Å². The van der Waals surface area contributed by atoms with Gasteiger partial charge < -0.3 is 9.32 Å². The lowest BCUT2D eigenvalue weighted by atomic mass is 10.2. The number of aromatic nitrogens is 2. The van der Waals surface area contributed by atoms with Gasteiger partial charge >= 0.3 is 0 Å². The summed E-state index contributed by atoms with van der Waals surface area (Å²) in [6, 6.07) is 17.9. The van der Waals surface area contributed by atoms with Crippen LogP contribution < -0.4 is 0 Å². The van der Waals surface area contributed by atoms with Crippen LogP contribution in [0.4, 0.5) is 0 Å². The molecule has 0 saturated carbocycles. The number of carbonyl (C=O) groups is 1. The van der Waals surface area contributed by atoms with E-state index in [9.17, 15) is 4.79 Å². The molecule has 1 amide bonds. The Morgan fingerprint density at radius 3 is 2.83 bits per heavy atom. The van der Waals surface area contributed by atoms with Gasteiger partial charge in [-0.1, -0.05) is 42.1 Å². The van der Waals surface area contributed by atoms with Crippen LogP contribution in [-0.4, -0.2) is 33.1 Å². The Balaban J connectivity index is 1.50. The van der Waals surface area contributed by atoms with Crippen LogP contribution in [0, 0.1) is 11.3 Å². The Bertz CT molecular complexity index is 1170. The largest absolute Gasteiger partial charge is 0.467 e. The van der Waals surface area contributed by atoms with Crippen LogP contribution in [0.25, 0.3) is 20.7 Å². The molecule has 30 heavy (non-hydrogen) atoms. The number of furan rings is 1. The maximum Gasteiger partial charge on any atom is 0.233 e. The van der Waals surface area contributed by atoms with Gasteiger partial charge in [-0.25, -0.2) is 9.97 Å². The smallest absolute Gasteiger partial charge is 0.233 e. The van der Waals surface area contributed by atoms with Crippen molar-refractivity contribution in [2.75, 3.05) is 12.3 Å². The Morgan fingerprint density at radius 2 is 2.07 bits per heavy atom. The van der Waals surface area contributed by atoms with Crippen LogP contribution >= 0.6 is 23.1 Å². The quantitative estimate of drug-likeness (QED) is 0.287. The molecule has 0 aliphatic carbocycles. The summed E-state index contributed by atoms with van der Waals surface area (Å²) in [4.78, 5) is 25.3. The second-order valence-electron chi connectivity index (χ2n) is 6.47. The van der Waals surface area contributed by atoms with Crippen molar-refractivity contribution in [2.24, 2.45) is 0 Å². The van der Waals surface area contributed by atoms with Crippen LogP contribution in [-0.2, 0) is 11.3 Å². The molecule has 0 aliphatic rings. The van der Waals surface area contributed by atoms with Crippen molar-refractivity contribution in [3.8, 4) is 16.5 Å². The van der Waals surface area contributed by atoms with Gasteiger partial charge in [0.05, 0.1) is 31.1 Å². The van der Waals surface area contributed by atoms with E-state index in [1.54, 1.807) is 28.6 Å². The summed E-state index contributed by atoms with van der Waals surface area (Å²) in [6.07, 6.45) is 3.39. The van der Waals surface area contributed by atoms with Crippen molar-refractivity contribution < 1.29 is 9.21 Å².